The summed E-state index contributed by atoms with van der Waals surface area (Å²) in [6.45, 7) is 1.17. The number of ether oxygens (including phenoxy) is 1. The van der Waals surface area contributed by atoms with Gasteiger partial charge in [-0.15, -0.1) is 0 Å². The molecule has 1 heterocycles. The average molecular weight is 377 g/mol. The van der Waals surface area contributed by atoms with Gasteiger partial charge < -0.3 is 15.0 Å². The van der Waals surface area contributed by atoms with E-state index in [1.807, 2.05) is 0 Å². The van der Waals surface area contributed by atoms with Crippen molar-refractivity contribution in [2.75, 3.05) is 26.4 Å². The minimum Gasteiger partial charge on any atom is -0.360 e. The van der Waals surface area contributed by atoms with Gasteiger partial charge in [-0.2, -0.15) is 0 Å². The quantitative estimate of drug-likeness (QED) is 0.876. The zero-order chi connectivity index (χ0) is 18.5. The first-order chi connectivity index (χ1) is 12.5. The van der Waals surface area contributed by atoms with Crippen LogP contribution < -0.4 is 5.32 Å². The number of nitrogens with zero attached hydrogens (tertiary/aromatic N) is 1. The molecule has 136 valence electrons. The number of hydrogen-bond donors (Lipinski definition) is 1. The highest BCUT2D eigenvalue weighted by Crippen LogP contribution is 2.24. The molecule has 1 saturated heterocycles. The van der Waals surface area contributed by atoms with Crippen LogP contribution in [0.1, 0.15) is 16.8 Å². The van der Waals surface area contributed by atoms with Crippen LogP contribution in [0.25, 0.3) is 11.1 Å². The van der Waals surface area contributed by atoms with Crippen LogP contribution >= 0.6 is 11.6 Å². The molecule has 0 aliphatic carbocycles. The molecule has 1 fully saturated rings. The lowest BCUT2D eigenvalue weighted by Gasteiger charge is -2.21. The van der Waals surface area contributed by atoms with Crippen molar-refractivity contribution in [3.63, 3.8) is 0 Å². The monoisotopic (exact) mass is 376 g/mol. The zero-order valence-corrected chi connectivity index (χ0v) is 14.8. The van der Waals surface area contributed by atoms with Crippen LogP contribution in [-0.4, -0.2) is 43.1 Å². The highest BCUT2D eigenvalue weighted by atomic mass is 35.5. The zero-order valence-electron chi connectivity index (χ0n) is 14.0. The second-order valence-corrected chi connectivity index (χ2v) is 6.32. The number of carbonyl (C=O) groups is 2. The molecule has 2 aromatic rings. The molecule has 0 radical (unpaired) electrons. The molecule has 2 amide bonds. The summed E-state index contributed by atoms with van der Waals surface area (Å²) in [7, 11) is 0. The second-order valence-electron chi connectivity index (χ2n) is 5.91. The Hall–Kier alpha value is -2.44. The number of amides is 2. The van der Waals surface area contributed by atoms with Crippen molar-refractivity contribution in [1.29, 1.82) is 0 Å². The summed E-state index contributed by atoms with van der Waals surface area (Å²) in [6, 6.07) is 11.5. The largest absolute Gasteiger partial charge is 0.360 e. The fraction of sp³-hybridized carbons (Fsp3) is 0.263. The van der Waals surface area contributed by atoms with E-state index in [9.17, 15) is 14.0 Å². The molecule has 1 aliphatic heterocycles. The maximum Gasteiger partial charge on any atom is 0.255 e. The van der Waals surface area contributed by atoms with Gasteiger partial charge in [-0.05, 0) is 35.4 Å². The average Bonchev–Trinajstić information content (AvgIpc) is 2.75. The number of rotatable bonds is 2. The molecule has 0 aromatic heterocycles. The SMILES string of the molecule is O=C1CCOCN(C(=O)c2ccc(-c3ccc(Cl)c(F)c3)cc2)CCN1. The first-order valence-electron chi connectivity index (χ1n) is 8.24. The molecule has 2 aromatic carbocycles. The number of hydrogen-bond acceptors (Lipinski definition) is 3. The van der Waals surface area contributed by atoms with Crippen LogP contribution in [0.2, 0.25) is 5.02 Å². The van der Waals surface area contributed by atoms with E-state index in [4.69, 9.17) is 16.3 Å². The van der Waals surface area contributed by atoms with Crippen LogP contribution in [0.5, 0.6) is 0 Å². The molecule has 0 unspecified atom stereocenters. The Morgan fingerprint density at radius 2 is 1.88 bits per heavy atom. The second kappa shape index (κ2) is 8.29. The van der Waals surface area contributed by atoms with Crippen molar-refractivity contribution in [2.24, 2.45) is 0 Å². The minimum absolute atomic E-state index is 0.0700. The van der Waals surface area contributed by atoms with Gasteiger partial charge in [0.2, 0.25) is 5.91 Å². The van der Waals surface area contributed by atoms with Gasteiger partial charge in [-0.3, -0.25) is 9.59 Å². The lowest BCUT2D eigenvalue weighted by Crippen LogP contribution is -2.38. The van der Waals surface area contributed by atoms with Crippen LogP contribution in [-0.2, 0) is 9.53 Å². The van der Waals surface area contributed by atoms with Crippen molar-refractivity contribution in [3.05, 3.63) is 58.9 Å². The third-order valence-corrected chi connectivity index (χ3v) is 4.40. The highest BCUT2D eigenvalue weighted by molar-refractivity contribution is 6.30. The number of benzene rings is 2. The van der Waals surface area contributed by atoms with E-state index in [0.717, 1.165) is 5.56 Å². The van der Waals surface area contributed by atoms with Gasteiger partial charge >= 0.3 is 0 Å². The molecule has 5 nitrogen and oxygen atoms in total. The lowest BCUT2D eigenvalue weighted by molar-refractivity contribution is -0.121. The molecular weight excluding hydrogens is 359 g/mol. The Kier molecular flexibility index (Phi) is 5.85. The van der Waals surface area contributed by atoms with E-state index in [1.54, 1.807) is 35.2 Å². The van der Waals surface area contributed by atoms with Crippen molar-refractivity contribution >= 4 is 23.4 Å². The molecule has 1 aliphatic rings. The number of nitrogens with one attached hydrogen (secondary N) is 1. The Morgan fingerprint density at radius 3 is 2.62 bits per heavy atom. The molecular formula is C19H18ClFN2O3. The molecule has 0 atom stereocenters. The molecule has 0 saturated carbocycles. The fourth-order valence-corrected chi connectivity index (χ4v) is 2.76. The van der Waals surface area contributed by atoms with Gasteiger partial charge in [0.1, 0.15) is 12.5 Å². The van der Waals surface area contributed by atoms with E-state index in [-0.39, 0.29) is 36.6 Å². The van der Waals surface area contributed by atoms with Gasteiger partial charge in [-0.1, -0.05) is 29.8 Å². The summed E-state index contributed by atoms with van der Waals surface area (Å²) in [5, 5.41) is 2.81. The first kappa shape index (κ1) is 18.4. The van der Waals surface area contributed by atoms with Gasteiger partial charge in [0.05, 0.1) is 18.1 Å². The predicted molar refractivity (Wildman–Crippen MR) is 96.3 cm³/mol. The maximum absolute atomic E-state index is 13.6. The number of carbonyl (C=O) groups excluding carboxylic acids is 2. The fourth-order valence-electron chi connectivity index (χ4n) is 2.65. The first-order valence-corrected chi connectivity index (χ1v) is 8.61. The predicted octanol–water partition coefficient (Wildman–Crippen LogP) is 3.08. The van der Waals surface area contributed by atoms with Crippen LogP contribution in [0.3, 0.4) is 0 Å². The van der Waals surface area contributed by atoms with E-state index < -0.39 is 5.82 Å². The summed E-state index contributed by atoms with van der Waals surface area (Å²) in [6.07, 6.45) is 0.286. The van der Waals surface area contributed by atoms with Crippen molar-refractivity contribution < 1.29 is 18.7 Å². The molecule has 26 heavy (non-hydrogen) atoms. The van der Waals surface area contributed by atoms with E-state index in [1.165, 1.54) is 12.1 Å². The van der Waals surface area contributed by atoms with Crippen molar-refractivity contribution in [2.45, 2.75) is 6.42 Å². The van der Waals surface area contributed by atoms with Crippen molar-refractivity contribution in [1.82, 2.24) is 10.2 Å². The highest BCUT2D eigenvalue weighted by Gasteiger charge is 2.18. The van der Waals surface area contributed by atoms with Crippen LogP contribution in [0, 0.1) is 5.82 Å². The third-order valence-electron chi connectivity index (χ3n) is 4.10. The van der Waals surface area contributed by atoms with Crippen LogP contribution in [0.15, 0.2) is 42.5 Å². The molecule has 0 spiro atoms. The lowest BCUT2D eigenvalue weighted by atomic mass is 10.0. The van der Waals surface area contributed by atoms with Gasteiger partial charge in [0.15, 0.2) is 0 Å². The minimum atomic E-state index is -0.486. The Labute approximate surface area is 155 Å². The maximum atomic E-state index is 13.6. The third kappa shape index (κ3) is 4.39. The summed E-state index contributed by atoms with van der Waals surface area (Å²) in [5.41, 5.74) is 1.96. The molecule has 0 bridgehead atoms. The van der Waals surface area contributed by atoms with E-state index >= 15 is 0 Å². The summed E-state index contributed by atoms with van der Waals surface area (Å²) < 4.78 is 19.0. The van der Waals surface area contributed by atoms with Gasteiger partial charge in [0.25, 0.3) is 5.91 Å². The van der Waals surface area contributed by atoms with Crippen molar-refractivity contribution in [3.8, 4) is 11.1 Å². The molecule has 7 heteroatoms. The van der Waals surface area contributed by atoms with E-state index in [2.05, 4.69) is 5.32 Å². The Bertz CT molecular complexity index is 811. The summed E-state index contributed by atoms with van der Waals surface area (Å²) in [4.78, 5) is 25.6. The normalized spacial score (nSPS) is 15.6. The standard InChI is InChI=1S/C19H18ClFN2O3/c20-16-6-5-15(11-17(16)21)13-1-3-14(4-2-13)19(25)23-9-8-22-18(24)7-10-26-12-23/h1-6,11H,7-10,12H2,(H,22,24). The summed E-state index contributed by atoms with van der Waals surface area (Å²) in [5.74, 6) is -0.756. The number of halogens is 2. The Morgan fingerprint density at radius 1 is 1.15 bits per heavy atom. The van der Waals surface area contributed by atoms with E-state index in [0.29, 0.717) is 24.2 Å². The van der Waals surface area contributed by atoms with Crippen LogP contribution in [0.4, 0.5) is 4.39 Å². The van der Waals surface area contributed by atoms with Gasteiger partial charge in [0, 0.05) is 18.7 Å². The van der Waals surface area contributed by atoms with Gasteiger partial charge in [-0.25, -0.2) is 4.39 Å². The summed E-state index contributed by atoms with van der Waals surface area (Å²) >= 11 is 5.70. The topological polar surface area (TPSA) is 58.6 Å². The smallest absolute Gasteiger partial charge is 0.255 e. The molecule has 1 N–H and O–H groups in total. The molecule has 3 rings (SSSR count). The Balaban J connectivity index is 1.73.